The highest BCUT2D eigenvalue weighted by molar-refractivity contribution is 7.55. The number of aryl methyl sites for hydroxylation is 1. The fourth-order valence-corrected chi connectivity index (χ4v) is 4.85. The zero-order chi connectivity index (χ0) is 24.8. The van der Waals surface area contributed by atoms with Crippen molar-refractivity contribution in [2.24, 2.45) is 5.11 Å². The van der Waals surface area contributed by atoms with Crippen molar-refractivity contribution < 1.29 is 18.3 Å². The summed E-state index contributed by atoms with van der Waals surface area (Å²) in [4.78, 5) is 33.3. The van der Waals surface area contributed by atoms with Crippen LogP contribution in [0, 0.1) is 12.5 Å². The van der Waals surface area contributed by atoms with Gasteiger partial charge in [0.1, 0.15) is 28.7 Å². The molecule has 182 valence electrons. The molecule has 0 aliphatic carbocycles. The number of nitrogens with one attached hydrogen (secondary N) is 3. The number of benzene rings is 1. The second-order valence-corrected chi connectivity index (χ2v) is 9.34. The van der Waals surface area contributed by atoms with Crippen molar-refractivity contribution in [3.05, 3.63) is 87.5 Å². The number of aromatic nitrogens is 3. The topological polar surface area (TPSA) is 175 Å². The molecule has 3 aromatic rings. The molecule has 3 heterocycles. The molecule has 2 aromatic heterocycles. The van der Waals surface area contributed by atoms with Crippen LogP contribution in [0.3, 0.4) is 0 Å². The van der Waals surface area contributed by atoms with Crippen LogP contribution in [0.2, 0.25) is 0 Å². The molecule has 1 aliphatic heterocycles. The van der Waals surface area contributed by atoms with E-state index in [2.05, 4.69) is 25.1 Å². The maximum atomic E-state index is 13.6. The third kappa shape index (κ3) is 5.97. The number of pyridine rings is 1. The summed E-state index contributed by atoms with van der Waals surface area (Å²) in [5.74, 6) is 0.224. The fourth-order valence-electron chi connectivity index (χ4n) is 3.50. The molecule has 1 aromatic carbocycles. The number of H-pyrrole nitrogens is 1. The molecule has 3 N–H and O–H groups in total. The number of hydrogen-bond acceptors (Lipinski definition) is 9. The lowest BCUT2D eigenvalue weighted by Crippen LogP contribution is -2.33. The fraction of sp³-hybridized carbons (Fsp3) is 0.286. The van der Waals surface area contributed by atoms with E-state index < -0.39 is 37.4 Å². The van der Waals surface area contributed by atoms with Gasteiger partial charge in [-0.15, -0.1) is 0 Å². The highest BCUT2D eigenvalue weighted by Crippen LogP contribution is 2.48. The van der Waals surface area contributed by atoms with E-state index >= 15 is 0 Å². The van der Waals surface area contributed by atoms with Gasteiger partial charge in [0, 0.05) is 30.1 Å². The molecular formula is C21H23N7O6P+. The number of rotatable bonds is 9. The first-order valence-corrected chi connectivity index (χ1v) is 12.1. The van der Waals surface area contributed by atoms with Crippen molar-refractivity contribution in [2.45, 2.75) is 31.7 Å². The van der Waals surface area contributed by atoms with Crippen molar-refractivity contribution in [2.75, 3.05) is 11.7 Å². The second kappa shape index (κ2) is 10.6. The number of hydrogen-bond donors (Lipinski definition) is 3. The van der Waals surface area contributed by atoms with Crippen LogP contribution < -0.4 is 25.8 Å². The molecule has 4 rings (SSSR count). The van der Waals surface area contributed by atoms with Crippen LogP contribution in [-0.4, -0.2) is 33.3 Å². The lowest BCUT2D eigenvalue weighted by atomic mass is 10.1. The molecule has 13 nitrogen and oxygen atoms in total. The third-order valence-corrected chi connectivity index (χ3v) is 6.65. The lowest BCUT2D eigenvalue weighted by Gasteiger charge is -2.22. The number of anilines is 1. The summed E-state index contributed by atoms with van der Waals surface area (Å²) < 4.78 is 32.2. The van der Waals surface area contributed by atoms with Gasteiger partial charge in [-0.05, 0) is 31.2 Å². The van der Waals surface area contributed by atoms with Gasteiger partial charge in [-0.2, -0.15) is 0 Å². The van der Waals surface area contributed by atoms with Gasteiger partial charge >= 0.3 is 13.4 Å². The summed E-state index contributed by atoms with van der Waals surface area (Å²) in [6.07, 6.45) is 2.90. The molecule has 14 heteroatoms. The molecule has 35 heavy (non-hydrogen) atoms. The van der Waals surface area contributed by atoms with Crippen molar-refractivity contribution >= 4 is 13.4 Å². The zero-order valence-corrected chi connectivity index (χ0v) is 19.5. The van der Waals surface area contributed by atoms with E-state index in [1.807, 2.05) is 6.07 Å². The maximum Gasteiger partial charge on any atom is 0.486 e. The van der Waals surface area contributed by atoms with Crippen molar-refractivity contribution in [3.63, 3.8) is 0 Å². The van der Waals surface area contributed by atoms with Gasteiger partial charge in [0.05, 0.1) is 12.8 Å². The molecule has 4 unspecified atom stereocenters. The lowest BCUT2D eigenvalue weighted by molar-refractivity contribution is -0.0237. The average molecular weight is 500 g/mol. The minimum atomic E-state index is -3.98. The summed E-state index contributed by atoms with van der Waals surface area (Å²) in [5, 5.41) is 6.64. The Morgan fingerprint density at radius 3 is 2.83 bits per heavy atom. The van der Waals surface area contributed by atoms with Crippen molar-refractivity contribution in [1.29, 1.82) is 5.53 Å². The Morgan fingerprint density at radius 1 is 1.31 bits per heavy atom. The molecule has 4 atom stereocenters. The quantitative estimate of drug-likeness (QED) is 0.228. The molecular weight excluding hydrogens is 477 g/mol. The van der Waals surface area contributed by atoms with Crippen LogP contribution in [-0.2, 0) is 13.8 Å². The largest absolute Gasteiger partial charge is 0.486 e. The third-order valence-electron chi connectivity index (χ3n) is 5.17. The number of aromatic amines is 1. The summed E-state index contributed by atoms with van der Waals surface area (Å²) in [5.41, 5.74) is 6.82. The van der Waals surface area contributed by atoms with E-state index in [0.717, 1.165) is 0 Å². The Morgan fingerprint density at radius 2 is 2.11 bits per heavy atom. The normalized spacial score (nSPS) is 21.0. The summed E-state index contributed by atoms with van der Waals surface area (Å²) >= 11 is 0. The standard InChI is InChI=1S/C21H22N7O6P/c1-14-12-28(21(30)24-20(14)29)19-10-17(25-27-22)18(33-19)13-32-35(31,26-15-6-3-2-4-7-15)34-16-8-5-9-23-11-16/h2-9,11-12,17-19,22H,10,13H2,1H3,(H-,24,26,29,30,31)/p+1. The van der Waals surface area contributed by atoms with Crippen LogP contribution in [0.4, 0.5) is 5.69 Å². The van der Waals surface area contributed by atoms with Crippen LogP contribution in [0.15, 0.2) is 75.8 Å². The van der Waals surface area contributed by atoms with Crippen LogP contribution in [0.1, 0.15) is 18.2 Å². The SMILES string of the molecule is Cc1cn(C2CC(N=[N+]=N)C(COP(=O)(Nc3ccccc3)Oc3cccnc3)O2)c(=O)[nH]c1=O. The van der Waals surface area contributed by atoms with Crippen LogP contribution >= 0.6 is 7.75 Å². The Kier molecular flexibility index (Phi) is 7.33. The minimum Gasteiger partial charge on any atom is -0.407 e. The van der Waals surface area contributed by atoms with E-state index in [0.29, 0.717) is 11.3 Å². The average Bonchev–Trinajstić information content (AvgIpc) is 3.24. The Balaban J connectivity index is 1.55. The van der Waals surface area contributed by atoms with Gasteiger partial charge in [0.15, 0.2) is 6.04 Å². The summed E-state index contributed by atoms with van der Waals surface area (Å²) in [7, 11) is -3.98. The second-order valence-electron chi connectivity index (χ2n) is 7.68. The van der Waals surface area contributed by atoms with Gasteiger partial charge in [0.2, 0.25) is 4.91 Å². The molecule has 0 saturated carbocycles. The molecule has 1 aliphatic rings. The number of ether oxygens (including phenoxy) is 1. The number of nitrogens with zero attached hydrogens (tertiary/aromatic N) is 4. The molecule has 0 amide bonds. The van der Waals surface area contributed by atoms with Gasteiger partial charge in [0.25, 0.3) is 5.56 Å². The Labute approximate surface area is 198 Å². The molecule has 0 radical (unpaired) electrons. The zero-order valence-electron chi connectivity index (χ0n) is 18.6. The highest BCUT2D eigenvalue weighted by Gasteiger charge is 2.42. The van der Waals surface area contributed by atoms with Gasteiger partial charge in [-0.3, -0.25) is 28.9 Å². The van der Waals surface area contributed by atoms with Gasteiger partial charge in [-0.25, -0.2) is 9.36 Å². The number of para-hydroxylation sites is 1. The molecule has 1 fully saturated rings. The first-order chi connectivity index (χ1) is 16.9. The molecule has 0 bridgehead atoms. The summed E-state index contributed by atoms with van der Waals surface area (Å²) in [6.45, 7) is 1.31. The maximum absolute atomic E-state index is 13.6. The van der Waals surface area contributed by atoms with E-state index in [1.165, 1.54) is 17.0 Å². The highest BCUT2D eigenvalue weighted by atomic mass is 31.2. The van der Waals surface area contributed by atoms with E-state index in [-0.39, 0.29) is 18.8 Å². The molecule has 1 saturated heterocycles. The van der Waals surface area contributed by atoms with Gasteiger partial charge in [-0.1, -0.05) is 18.2 Å². The Bertz CT molecular complexity index is 1330. The minimum absolute atomic E-state index is 0.182. The van der Waals surface area contributed by atoms with Crippen molar-refractivity contribution in [1.82, 2.24) is 19.4 Å². The Hall–Kier alpha value is -3.89. The monoisotopic (exact) mass is 500 g/mol. The van der Waals surface area contributed by atoms with E-state index in [4.69, 9.17) is 19.3 Å². The summed E-state index contributed by atoms with van der Waals surface area (Å²) in [6, 6.07) is 11.3. The van der Waals surface area contributed by atoms with Crippen molar-refractivity contribution in [3.8, 4) is 5.75 Å². The predicted octanol–water partition coefficient (Wildman–Crippen LogP) is 2.76. The first-order valence-electron chi connectivity index (χ1n) is 10.6. The van der Waals surface area contributed by atoms with Crippen LogP contribution in [0.25, 0.3) is 0 Å². The first kappa shape index (κ1) is 24.2. The van der Waals surface area contributed by atoms with Gasteiger partial charge < -0.3 is 9.26 Å². The van der Waals surface area contributed by atoms with E-state index in [1.54, 1.807) is 49.5 Å². The smallest absolute Gasteiger partial charge is 0.407 e. The molecule has 0 spiro atoms. The van der Waals surface area contributed by atoms with E-state index in [9.17, 15) is 14.2 Å². The predicted molar refractivity (Wildman–Crippen MR) is 124 cm³/mol. The van der Waals surface area contributed by atoms with Crippen LogP contribution in [0.5, 0.6) is 5.75 Å².